The third-order valence-electron chi connectivity index (χ3n) is 5.44. The Balaban J connectivity index is 1.57. The smallest absolute Gasteiger partial charge is 0.272 e. The Labute approximate surface area is 192 Å². The van der Waals surface area contributed by atoms with Gasteiger partial charge in [-0.3, -0.25) is 9.59 Å². The summed E-state index contributed by atoms with van der Waals surface area (Å²) < 4.78 is 0. The van der Waals surface area contributed by atoms with Gasteiger partial charge in [0.15, 0.2) is 0 Å². The molecule has 2 amide bonds. The van der Waals surface area contributed by atoms with E-state index in [1.54, 1.807) is 18.4 Å². The lowest BCUT2D eigenvalue weighted by Gasteiger charge is -2.08. The lowest BCUT2D eigenvalue weighted by atomic mass is 10.0. The molecular formula is C27H24N4O2. The van der Waals surface area contributed by atoms with Crippen LogP contribution in [0.25, 0.3) is 22.2 Å². The molecule has 0 spiro atoms. The number of hydrogen-bond donors (Lipinski definition) is 3. The average Bonchev–Trinajstić information content (AvgIpc) is 3.08. The van der Waals surface area contributed by atoms with Gasteiger partial charge in [0.05, 0.1) is 17.5 Å². The van der Waals surface area contributed by atoms with E-state index in [0.29, 0.717) is 24.1 Å². The Morgan fingerprint density at radius 1 is 1.21 bits per heavy atom. The van der Waals surface area contributed by atoms with Crippen LogP contribution in [0, 0.1) is 12.3 Å². The van der Waals surface area contributed by atoms with Crippen LogP contribution in [-0.2, 0) is 4.79 Å². The highest BCUT2D eigenvalue weighted by atomic mass is 16.2. The third-order valence-corrected chi connectivity index (χ3v) is 5.44. The van der Waals surface area contributed by atoms with Crippen LogP contribution in [0.1, 0.15) is 42.1 Å². The maximum atomic E-state index is 12.7. The number of H-pyrrole nitrogens is 1. The molecule has 0 atom stereocenters. The standard InChI is InChI=1S/C27H24N4O2/c1-3-4-6-10-18(2)11-9-14-24(32)29-20-15-21-25-22(17-28-31-27(21)33)26(30-23(25)16-20)19-12-7-5-8-13-19/h1,4-8,10,12-13,15-17,30H,9,11,14H2,2H3,(H,29,32)(H,31,33)/b6-4-,18-10+. The molecule has 0 unspecified atom stereocenters. The third kappa shape index (κ3) is 4.94. The van der Waals surface area contributed by atoms with Gasteiger partial charge in [0.1, 0.15) is 0 Å². The number of amides is 2. The van der Waals surface area contributed by atoms with Crippen LogP contribution in [0.3, 0.4) is 0 Å². The summed E-state index contributed by atoms with van der Waals surface area (Å²) in [6, 6.07) is 13.4. The van der Waals surface area contributed by atoms with Crippen LogP contribution >= 0.6 is 0 Å². The Kier molecular flexibility index (Phi) is 6.51. The first-order valence-corrected chi connectivity index (χ1v) is 10.7. The van der Waals surface area contributed by atoms with Crippen molar-refractivity contribution in [2.45, 2.75) is 26.2 Å². The van der Waals surface area contributed by atoms with E-state index < -0.39 is 0 Å². The molecule has 0 bridgehead atoms. The lowest BCUT2D eigenvalue weighted by molar-refractivity contribution is -0.116. The molecule has 1 aliphatic rings. The Morgan fingerprint density at radius 3 is 2.82 bits per heavy atom. The number of aromatic nitrogens is 1. The van der Waals surface area contributed by atoms with Gasteiger partial charge in [-0.25, -0.2) is 5.43 Å². The number of aromatic amines is 1. The van der Waals surface area contributed by atoms with Crippen molar-refractivity contribution < 1.29 is 9.59 Å². The van der Waals surface area contributed by atoms with Crippen LogP contribution in [0.2, 0.25) is 0 Å². The number of allylic oxidation sites excluding steroid dienone is 4. The fourth-order valence-corrected chi connectivity index (χ4v) is 3.89. The minimum Gasteiger partial charge on any atom is -0.354 e. The summed E-state index contributed by atoms with van der Waals surface area (Å²) >= 11 is 0. The van der Waals surface area contributed by atoms with Crippen molar-refractivity contribution in [3.8, 4) is 23.6 Å². The lowest BCUT2D eigenvalue weighted by Crippen LogP contribution is -2.17. The zero-order valence-electron chi connectivity index (χ0n) is 18.3. The van der Waals surface area contributed by atoms with Gasteiger partial charge in [-0.1, -0.05) is 54.0 Å². The summed E-state index contributed by atoms with van der Waals surface area (Å²) in [4.78, 5) is 28.6. The summed E-state index contributed by atoms with van der Waals surface area (Å²) in [5.41, 5.74) is 8.19. The number of hydrogen-bond acceptors (Lipinski definition) is 3. The number of hydrazone groups is 1. The Hall–Kier alpha value is -4.37. The summed E-state index contributed by atoms with van der Waals surface area (Å²) in [6.45, 7) is 2.01. The van der Waals surface area contributed by atoms with E-state index in [9.17, 15) is 9.59 Å². The molecule has 164 valence electrons. The molecule has 0 saturated heterocycles. The zero-order valence-corrected chi connectivity index (χ0v) is 18.3. The molecular weight excluding hydrogens is 412 g/mol. The number of anilines is 1. The number of nitrogens with zero attached hydrogens (tertiary/aromatic N) is 1. The van der Waals surface area contributed by atoms with Gasteiger partial charge < -0.3 is 10.3 Å². The van der Waals surface area contributed by atoms with Crippen LogP contribution in [-0.4, -0.2) is 23.0 Å². The van der Waals surface area contributed by atoms with Gasteiger partial charge in [-0.2, -0.15) is 5.10 Å². The van der Waals surface area contributed by atoms with Crippen LogP contribution < -0.4 is 10.7 Å². The van der Waals surface area contributed by atoms with Crippen molar-refractivity contribution in [2.24, 2.45) is 5.10 Å². The van der Waals surface area contributed by atoms with Crippen molar-refractivity contribution in [3.05, 3.63) is 77.4 Å². The molecule has 1 aromatic heterocycles. The molecule has 0 saturated carbocycles. The van der Waals surface area contributed by atoms with Gasteiger partial charge in [0, 0.05) is 28.6 Å². The normalized spacial score (nSPS) is 13.1. The molecule has 1 aliphatic heterocycles. The maximum absolute atomic E-state index is 12.7. The fraction of sp³-hybridized carbons (Fsp3) is 0.148. The number of nitrogens with one attached hydrogen (secondary N) is 3. The molecule has 3 aromatic rings. The summed E-state index contributed by atoms with van der Waals surface area (Å²) in [5.74, 6) is 2.03. The molecule has 4 rings (SSSR count). The highest BCUT2D eigenvalue weighted by Gasteiger charge is 2.22. The summed E-state index contributed by atoms with van der Waals surface area (Å²) in [6.07, 6.45) is 14.1. The Morgan fingerprint density at radius 2 is 2.03 bits per heavy atom. The fourth-order valence-electron chi connectivity index (χ4n) is 3.89. The average molecular weight is 437 g/mol. The number of terminal acetylenes is 1. The highest BCUT2D eigenvalue weighted by molar-refractivity contribution is 6.18. The van der Waals surface area contributed by atoms with Gasteiger partial charge in [-0.05, 0) is 43.5 Å². The van der Waals surface area contributed by atoms with Crippen molar-refractivity contribution >= 4 is 34.6 Å². The number of carbonyl (C=O) groups is 2. The number of carbonyl (C=O) groups excluding carboxylic acids is 2. The predicted molar refractivity (Wildman–Crippen MR) is 133 cm³/mol. The van der Waals surface area contributed by atoms with Crippen molar-refractivity contribution in [3.63, 3.8) is 0 Å². The van der Waals surface area contributed by atoms with Crippen LogP contribution in [0.4, 0.5) is 5.69 Å². The molecule has 0 aliphatic carbocycles. The SMILES string of the molecule is C#C/C=C\C=C(/C)CCCC(=O)Nc1cc2c3c(c(-c4ccccc4)[nH]c3c1)C=NNC2=O. The molecule has 6 heteroatoms. The first-order valence-electron chi connectivity index (χ1n) is 10.7. The minimum atomic E-state index is -0.314. The molecule has 2 heterocycles. The number of rotatable bonds is 7. The second-order valence-corrected chi connectivity index (χ2v) is 7.87. The minimum absolute atomic E-state index is 0.103. The molecule has 6 nitrogen and oxygen atoms in total. The second kappa shape index (κ2) is 9.84. The van der Waals surface area contributed by atoms with E-state index in [1.165, 1.54) is 0 Å². The molecule has 33 heavy (non-hydrogen) atoms. The van der Waals surface area contributed by atoms with Crippen LogP contribution in [0.15, 0.2) is 71.4 Å². The van der Waals surface area contributed by atoms with Gasteiger partial charge in [0.2, 0.25) is 5.91 Å². The second-order valence-electron chi connectivity index (χ2n) is 7.87. The van der Waals surface area contributed by atoms with Crippen molar-refractivity contribution in [2.75, 3.05) is 5.32 Å². The summed E-state index contributed by atoms with van der Waals surface area (Å²) in [5, 5.41) is 7.78. The van der Waals surface area contributed by atoms with Gasteiger partial charge in [-0.15, -0.1) is 6.42 Å². The van der Waals surface area contributed by atoms with E-state index in [1.807, 2.05) is 55.5 Å². The summed E-state index contributed by atoms with van der Waals surface area (Å²) in [7, 11) is 0. The maximum Gasteiger partial charge on any atom is 0.272 e. The molecule has 0 fully saturated rings. The van der Waals surface area contributed by atoms with Crippen molar-refractivity contribution in [1.82, 2.24) is 10.4 Å². The quantitative estimate of drug-likeness (QED) is 0.353. The van der Waals surface area contributed by atoms with E-state index >= 15 is 0 Å². The molecule has 3 N–H and O–H groups in total. The van der Waals surface area contributed by atoms with Gasteiger partial charge in [0.25, 0.3) is 5.91 Å². The first kappa shape index (κ1) is 21.8. The topological polar surface area (TPSA) is 86.3 Å². The van der Waals surface area contributed by atoms with E-state index in [2.05, 4.69) is 26.7 Å². The molecule has 0 radical (unpaired) electrons. The predicted octanol–water partition coefficient (Wildman–Crippen LogP) is 5.16. The number of benzene rings is 2. The molecule has 2 aromatic carbocycles. The largest absolute Gasteiger partial charge is 0.354 e. The van der Waals surface area contributed by atoms with E-state index in [0.717, 1.165) is 39.7 Å². The van der Waals surface area contributed by atoms with Crippen LogP contribution in [0.5, 0.6) is 0 Å². The monoisotopic (exact) mass is 436 g/mol. The Bertz CT molecular complexity index is 1340. The highest BCUT2D eigenvalue weighted by Crippen LogP contribution is 2.34. The van der Waals surface area contributed by atoms with Crippen molar-refractivity contribution in [1.29, 1.82) is 0 Å². The van der Waals surface area contributed by atoms with E-state index in [4.69, 9.17) is 6.42 Å². The first-order chi connectivity index (χ1) is 16.1. The zero-order chi connectivity index (χ0) is 23.2. The van der Waals surface area contributed by atoms with Gasteiger partial charge >= 0.3 is 0 Å². The van der Waals surface area contributed by atoms with E-state index in [-0.39, 0.29) is 11.8 Å².